The highest BCUT2D eigenvalue weighted by Gasteiger charge is 2.38. The summed E-state index contributed by atoms with van der Waals surface area (Å²) in [5, 5.41) is 0. The molecule has 2 N–H and O–H groups in total. The van der Waals surface area contributed by atoms with Gasteiger partial charge in [0.2, 0.25) is 0 Å². The maximum absolute atomic E-state index is 12.7. The van der Waals surface area contributed by atoms with E-state index in [0.29, 0.717) is 6.20 Å². The molecule has 4 nitrogen and oxygen atoms in total. The molecule has 106 valence electrons. The van der Waals surface area contributed by atoms with E-state index in [4.69, 9.17) is 5.73 Å². The number of pyridine rings is 1. The topological polar surface area (TPSA) is 65.2 Å². The average molecular weight is 284 g/mol. The number of carbonyl (C=O) groups is 1. The Hall–Kier alpha value is -1.77. The van der Waals surface area contributed by atoms with Crippen molar-refractivity contribution in [1.29, 1.82) is 0 Å². The number of rotatable bonds is 3. The molecule has 0 aliphatic heterocycles. The first-order valence-corrected chi connectivity index (χ1v) is 4.89. The van der Waals surface area contributed by atoms with Gasteiger partial charge in [-0.3, -0.25) is 4.98 Å². The van der Waals surface area contributed by atoms with Crippen molar-refractivity contribution in [1.82, 2.24) is 4.98 Å². The number of aromatic nitrogens is 1. The molecule has 0 atom stereocenters. The van der Waals surface area contributed by atoms with Crippen molar-refractivity contribution >= 4 is 5.97 Å². The molecule has 0 aliphatic rings. The summed E-state index contributed by atoms with van der Waals surface area (Å²) < 4.78 is 67.6. The molecule has 0 bridgehead atoms. The fraction of sp³-hybridized carbons (Fsp3) is 0.400. The molecule has 0 fully saturated rings. The van der Waals surface area contributed by atoms with Crippen LogP contribution in [0.3, 0.4) is 0 Å². The smallest absolute Gasteiger partial charge is 0.433 e. The van der Waals surface area contributed by atoms with Gasteiger partial charge in [0.1, 0.15) is 5.69 Å². The van der Waals surface area contributed by atoms with E-state index in [9.17, 15) is 26.7 Å². The molecule has 1 aromatic rings. The third kappa shape index (κ3) is 2.98. The average Bonchev–Trinajstić information content (AvgIpc) is 2.34. The Bertz CT molecular complexity index is 488. The SMILES string of the molecule is COC(=O)c1c(C(F)F)cnc(C(F)(F)F)c1CN. The van der Waals surface area contributed by atoms with Crippen LogP contribution in [0.4, 0.5) is 22.0 Å². The molecule has 1 heterocycles. The molecule has 0 saturated heterocycles. The van der Waals surface area contributed by atoms with Crippen LogP contribution >= 0.6 is 0 Å². The fourth-order valence-corrected chi connectivity index (χ4v) is 1.52. The van der Waals surface area contributed by atoms with Crippen LogP contribution in [0, 0.1) is 0 Å². The molecule has 1 aromatic heterocycles. The van der Waals surface area contributed by atoms with Crippen molar-refractivity contribution in [2.75, 3.05) is 7.11 Å². The number of carbonyl (C=O) groups excluding carboxylic acids is 1. The number of alkyl halides is 5. The largest absolute Gasteiger partial charge is 0.465 e. The van der Waals surface area contributed by atoms with Gasteiger partial charge in [-0.05, 0) is 0 Å². The summed E-state index contributed by atoms with van der Waals surface area (Å²) in [7, 11) is 0.867. The van der Waals surface area contributed by atoms with Crippen LogP contribution < -0.4 is 5.73 Å². The normalized spacial score (nSPS) is 11.8. The molecule has 0 radical (unpaired) electrons. The first kappa shape index (κ1) is 15.3. The van der Waals surface area contributed by atoms with Crippen molar-refractivity contribution in [3.8, 4) is 0 Å². The van der Waals surface area contributed by atoms with Crippen LogP contribution in [0.1, 0.15) is 33.6 Å². The van der Waals surface area contributed by atoms with Gasteiger partial charge in [-0.15, -0.1) is 0 Å². The van der Waals surface area contributed by atoms with Crippen molar-refractivity contribution in [3.63, 3.8) is 0 Å². The van der Waals surface area contributed by atoms with Crippen LogP contribution in [0.15, 0.2) is 6.20 Å². The van der Waals surface area contributed by atoms with Gasteiger partial charge in [0.15, 0.2) is 0 Å². The number of nitrogens with zero attached hydrogens (tertiary/aromatic N) is 1. The standard InChI is InChI=1S/C10H9F5N2O2/c1-19-9(18)6-4(2-16)7(10(13,14)15)17-3-5(6)8(11)12/h3,8H,2,16H2,1H3. The molecule has 0 amide bonds. The Balaban J connectivity index is 3.64. The molecule has 0 unspecified atom stereocenters. The predicted molar refractivity (Wildman–Crippen MR) is 53.4 cm³/mol. The zero-order valence-corrected chi connectivity index (χ0v) is 9.59. The lowest BCUT2D eigenvalue weighted by Gasteiger charge is -2.16. The highest BCUT2D eigenvalue weighted by Crippen LogP contribution is 2.35. The zero-order chi connectivity index (χ0) is 14.8. The lowest BCUT2D eigenvalue weighted by Crippen LogP contribution is -2.21. The van der Waals surface area contributed by atoms with Gasteiger partial charge in [-0.2, -0.15) is 13.2 Å². The van der Waals surface area contributed by atoms with Crippen LogP contribution in [0.2, 0.25) is 0 Å². The summed E-state index contributed by atoms with van der Waals surface area (Å²) in [5.41, 5.74) is 1.01. The van der Waals surface area contributed by atoms with Crippen LogP contribution in [0.5, 0.6) is 0 Å². The van der Waals surface area contributed by atoms with E-state index in [1.165, 1.54) is 0 Å². The Morgan fingerprint density at radius 2 is 2.05 bits per heavy atom. The second kappa shape index (κ2) is 5.47. The summed E-state index contributed by atoms with van der Waals surface area (Å²) in [5.74, 6) is -1.32. The second-order valence-electron chi connectivity index (χ2n) is 3.41. The third-order valence-electron chi connectivity index (χ3n) is 2.31. The number of ether oxygens (including phenoxy) is 1. The van der Waals surface area contributed by atoms with E-state index in [1.807, 2.05) is 0 Å². The van der Waals surface area contributed by atoms with Gasteiger partial charge in [0.25, 0.3) is 6.43 Å². The highest BCUT2D eigenvalue weighted by molar-refractivity contribution is 5.93. The highest BCUT2D eigenvalue weighted by atomic mass is 19.4. The zero-order valence-electron chi connectivity index (χ0n) is 9.59. The molecule has 0 spiro atoms. The van der Waals surface area contributed by atoms with E-state index in [0.717, 1.165) is 7.11 Å². The summed E-state index contributed by atoms with van der Waals surface area (Å²) >= 11 is 0. The molecule has 19 heavy (non-hydrogen) atoms. The lowest BCUT2D eigenvalue weighted by atomic mass is 10.0. The summed E-state index contributed by atoms with van der Waals surface area (Å²) in [6.07, 6.45) is -7.77. The Morgan fingerprint density at radius 3 is 2.42 bits per heavy atom. The van der Waals surface area contributed by atoms with Gasteiger partial charge < -0.3 is 10.5 Å². The van der Waals surface area contributed by atoms with Gasteiger partial charge in [-0.1, -0.05) is 0 Å². The van der Waals surface area contributed by atoms with Crippen LogP contribution in [-0.2, 0) is 17.5 Å². The van der Waals surface area contributed by atoms with Gasteiger partial charge in [-0.25, -0.2) is 13.6 Å². The molecule has 0 aromatic carbocycles. The summed E-state index contributed by atoms with van der Waals surface area (Å²) in [4.78, 5) is 14.3. The minimum atomic E-state index is -4.90. The van der Waals surface area contributed by atoms with Crippen molar-refractivity contribution in [3.05, 3.63) is 28.6 Å². The van der Waals surface area contributed by atoms with E-state index in [2.05, 4.69) is 9.72 Å². The monoisotopic (exact) mass is 284 g/mol. The maximum atomic E-state index is 12.7. The first-order chi connectivity index (χ1) is 8.73. The van der Waals surface area contributed by atoms with Crippen LogP contribution in [-0.4, -0.2) is 18.1 Å². The summed E-state index contributed by atoms with van der Waals surface area (Å²) in [6.45, 7) is -0.771. The van der Waals surface area contributed by atoms with E-state index >= 15 is 0 Å². The molecule has 9 heteroatoms. The molecule has 0 aliphatic carbocycles. The number of methoxy groups -OCH3 is 1. The van der Waals surface area contributed by atoms with Gasteiger partial charge in [0, 0.05) is 18.3 Å². The van der Waals surface area contributed by atoms with Crippen molar-refractivity contribution in [2.24, 2.45) is 5.73 Å². The minimum Gasteiger partial charge on any atom is -0.465 e. The number of nitrogens with two attached hydrogens (primary N) is 1. The number of hydrogen-bond acceptors (Lipinski definition) is 4. The Kier molecular flexibility index (Phi) is 4.40. The molecular weight excluding hydrogens is 275 g/mol. The second-order valence-corrected chi connectivity index (χ2v) is 3.41. The molecule has 0 saturated carbocycles. The Morgan fingerprint density at radius 1 is 1.47 bits per heavy atom. The van der Waals surface area contributed by atoms with Gasteiger partial charge >= 0.3 is 12.1 Å². The fourth-order valence-electron chi connectivity index (χ4n) is 1.52. The lowest BCUT2D eigenvalue weighted by molar-refractivity contribution is -0.141. The number of hydrogen-bond donors (Lipinski definition) is 1. The van der Waals surface area contributed by atoms with Crippen molar-refractivity contribution in [2.45, 2.75) is 19.1 Å². The third-order valence-corrected chi connectivity index (χ3v) is 2.31. The summed E-state index contributed by atoms with van der Waals surface area (Å²) in [6, 6.07) is 0. The molecular formula is C10H9F5N2O2. The van der Waals surface area contributed by atoms with E-state index in [-0.39, 0.29) is 0 Å². The number of halogens is 5. The predicted octanol–water partition coefficient (Wildman–Crippen LogP) is 2.28. The van der Waals surface area contributed by atoms with Crippen LogP contribution in [0.25, 0.3) is 0 Å². The first-order valence-electron chi connectivity index (χ1n) is 4.89. The van der Waals surface area contributed by atoms with Gasteiger partial charge in [0.05, 0.1) is 18.2 Å². The van der Waals surface area contributed by atoms with Crippen molar-refractivity contribution < 1.29 is 31.5 Å². The van der Waals surface area contributed by atoms with E-state index < -0.39 is 47.5 Å². The quantitative estimate of drug-likeness (QED) is 0.683. The number of esters is 1. The Labute approximate surface area is 104 Å². The minimum absolute atomic E-state index is 0.304. The molecule has 1 rings (SSSR count). The van der Waals surface area contributed by atoms with E-state index in [1.54, 1.807) is 0 Å². The maximum Gasteiger partial charge on any atom is 0.433 e.